The van der Waals surface area contributed by atoms with Crippen LogP contribution >= 0.6 is 0 Å². The molecule has 1 heterocycles. The molecule has 9 heteroatoms. The van der Waals surface area contributed by atoms with E-state index in [4.69, 9.17) is 14.0 Å². The molecule has 0 saturated heterocycles. The number of nitrogens with one attached hydrogen (secondary N) is 1. The molecule has 0 aliphatic rings. The summed E-state index contributed by atoms with van der Waals surface area (Å²) in [6, 6.07) is 13.1. The number of hydrogen-bond donors (Lipinski definition) is 1. The first-order chi connectivity index (χ1) is 14.4. The van der Waals surface area contributed by atoms with Gasteiger partial charge < -0.3 is 14.0 Å². The molecule has 8 nitrogen and oxygen atoms in total. The monoisotopic (exact) mass is 430 g/mol. The van der Waals surface area contributed by atoms with E-state index in [0.29, 0.717) is 11.3 Å². The van der Waals surface area contributed by atoms with Gasteiger partial charge in [-0.1, -0.05) is 24.2 Å². The van der Waals surface area contributed by atoms with Gasteiger partial charge in [-0.15, -0.1) is 0 Å². The van der Waals surface area contributed by atoms with Crippen LogP contribution in [0.1, 0.15) is 29.9 Å². The lowest BCUT2D eigenvalue weighted by molar-refractivity contribution is 0.0514. The molecular weight excluding hydrogens is 408 g/mol. The van der Waals surface area contributed by atoms with Gasteiger partial charge in [-0.3, -0.25) is 4.72 Å². The number of nitrogens with zero attached hydrogens (tertiary/aromatic N) is 1. The number of anilines is 1. The van der Waals surface area contributed by atoms with Gasteiger partial charge in [0.1, 0.15) is 10.6 Å². The Bertz CT molecular complexity index is 1150. The predicted molar refractivity (Wildman–Crippen MR) is 111 cm³/mol. The standard InChI is InChI=1S/C21H22N2O6S/c1-4-14-7-6-8-16(11-14)23-30(25,26)20-12-15(9-10-18(20)27-3)19-13-17(22-29-19)21(24)28-5-2/h6-13,23H,4-5H2,1-3H3. The second-order valence-electron chi connectivity index (χ2n) is 6.32. The van der Waals surface area contributed by atoms with E-state index in [1.165, 1.54) is 25.3 Å². The van der Waals surface area contributed by atoms with Crippen LogP contribution in [0.15, 0.2) is 57.9 Å². The minimum absolute atomic E-state index is 0.00146. The zero-order valence-corrected chi connectivity index (χ0v) is 17.7. The van der Waals surface area contributed by atoms with Crippen LogP contribution in [0.4, 0.5) is 5.69 Å². The molecule has 0 aliphatic heterocycles. The van der Waals surface area contributed by atoms with E-state index in [9.17, 15) is 13.2 Å². The van der Waals surface area contributed by atoms with Gasteiger partial charge in [0.2, 0.25) is 0 Å². The van der Waals surface area contributed by atoms with Crippen molar-refractivity contribution >= 4 is 21.7 Å². The Morgan fingerprint density at radius 3 is 2.63 bits per heavy atom. The zero-order chi connectivity index (χ0) is 21.7. The highest BCUT2D eigenvalue weighted by atomic mass is 32.2. The Labute approximate surface area is 174 Å². The first kappa shape index (κ1) is 21.4. The summed E-state index contributed by atoms with van der Waals surface area (Å²) >= 11 is 0. The summed E-state index contributed by atoms with van der Waals surface area (Å²) in [6.07, 6.45) is 0.780. The van der Waals surface area contributed by atoms with Gasteiger partial charge in [-0.05, 0) is 49.2 Å². The molecule has 3 aromatic rings. The van der Waals surface area contributed by atoms with E-state index in [1.807, 2.05) is 13.0 Å². The van der Waals surface area contributed by atoms with E-state index >= 15 is 0 Å². The fourth-order valence-electron chi connectivity index (χ4n) is 2.82. The van der Waals surface area contributed by atoms with Crippen molar-refractivity contribution in [2.24, 2.45) is 0 Å². The van der Waals surface area contributed by atoms with E-state index in [1.54, 1.807) is 31.2 Å². The van der Waals surface area contributed by atoms with Crippen molar-refractivity contribution in [2.45, 2.75) is 25.2 Å². The number of benzene rings is 2. The normalized spacial score (nSPS) is 11.2. The van der Waals surface area contributed by atoms with Gasteiger partial charge in [0.25, 0.3) is 10.0 Å². The van der Waals surface area contributed by atoms with Crippen molar-refractivity contribution in [3.05, 3.63) is 59.8 Å². The average Bonchev–Trinajstić information content (AvgIpc) is 3.23. The lowest BCUT2D eigenvalue weighted by Crippen LogP contribution is -2.14. The fraction of sp³-hybridized carbons (Fsp3) is 0.238. The number of aryl methyl sites for hydroxylation is 1. The number of carbonyl (C=O) groups is 1. The molecule has 0 fully saturated rings. The fourth-order valence-corrected chi connectivity index (χ4v) is 4.06. The number of sulfonamides is 1. The highest BCUT2D eigenvalue weighted by Crippen LogP contribution is 2.31. The van der Waals surface area contributed by atoms with Crippen molar-refractivity contribution in [3.8, 4) is 17.1 Å². The molecule has 30 heavy (non-hydrogen) atoms. The van der Waals surface area contributed by atoms with Crippen LogP contribution in [0.3, 0.4) is 0 Å². The number of methoxy groups -OCH3 is 1. The SMILES string of the molecule is CCOC(=O)c1cc(-c2ccc(OC)c(S(=O)(=O)Nc3cccc(CC)c3)c2)on1. The second kappa shape index (κ2) is 9.00. The summed E-state index contributed by atoms with van der Waals surface area (Å²) in [7, 11) is -2.57. The summed E-state index contributed by atoms with van der Waals surface area (Å²) in [6.45, 7) is 3.88. The summed E-state index contributed by atoms with van der Waals surface area (Å²) in [5, 5.41) is 3.69. The zero-order valence-electron chi connectivity index (χ0n) is 16.8. The molecule has 0 saturated carbocycles. The number of ether oxygens (including phenoxy) is 2. The minimum atomic E-state index is -3.96. The van der Waals surface area contributed by atoms with Crippen molar-refractivity contribution in [2.75, 3.05) is 18.4 Å². The first-order valence-electron chi connectivity index (χ1n) is 9.32. The Morgan fingerprint density at radius 2 is 1.93 bits per heavy atom. The van der Waals surface area contributed by atoms with E-state index in [2.05, 4.69) is 9.88 Å². The lowest BCUT2D eigenvalue weighted by atomic mass is 10.1. The summed E-state index contributed by atoms with van der Waals surface area (Å²) in [5.74, 6) is -0.223. The molecule has 0 spiro atoms. The van der Waals surface area contributed by atoms with Gasteiger partial charge in [-0.2, -0.15) is 0 Å². The second-order valence-corrected chi connectivity index (χ2v) is 7.97. The van der Waals surface area contributed by atoms with Gasteiger partial charge in [0, 0.05) is 17.3 Å². The number of carbonyl (C=O) groups excluding carboxylic acids is 1. The van der Waals surface area contributed by atoms with Crippen LogP contribution in [0.5, 0.6) is 5.75 Å². The largest absolute Gasteiger partial charge is 0.495 e. The van der Waals surface area contributed by atoms with E-state index in [0.717, 1.165) is 12.0 Å². The van der Waals surface area contributed by atoms with Crippen LogP contribution in [0.25, 0.3) is 11.3 Å². The third kappa shape index (κ3) is 4.62. The minimum Gasteiger partial charge on any atom is -0.495 e. The maximum Gasteiger partial charge on any atom is 0.360 e. The van der Waals surface area contributed by atoms with Gasteiger partial charge in [0.15, 0.2) is 11.5 Å². The molecule has 0 radical (unpaired) electrons. The molecule has 0 unspecified atom stereocenters. The molecule has 0 aliphatic carbocycles. The molecule has 1 aromatic heterocycles. The molecule has 0 atom stereocenters. The Balaban J connectivity index is 1.97. The Morgan fingerprint density at radius 1 is 1.13 bits per heavy atom. The summed E-state index contributed by atoms with van der Waals surface area (Å²) < 4.78 is 44.0. The number of aromatic nitrogens is 1. The van der Waals surface area contributed by atoms with E-state index in [-0.39, 0.29) is 28.7 Å². The molecule has 3 rings (SSSR count). The molecule has 1 N–H and O–H groups in total. The Kier molecular flexibility index (Phi) is 6.41. The van der Waals surface area contributed by atoms with E-state index < -0.39 is 16.0 Å². The van der Waals surface area contributed by atoms with Crippen LogP contribution < -0.4 is 9.46 Å². The van der Waals surface area contributed by atoms with Crippen LogP contribution in [0, 0.1) is 0 Å². The molecule has 158 valence electrons. The van der Waals surface area contributed by atoms with Crippen molar-refractivity contribution < 1.29 is 27.2 Å². The van der Waals surface area contributed by atoms with Crippen molar-refractivity contribution in [1.82, 2.24) is 5.16 Å². The third-order valence-corrected chi connectivity index (χ3v) is 5.72. The summed E-state index contributed by atoms with van der Waals surface area (Å²) in [4.78, 5) is 11.7. The number of hydrogen-bond acceptors (Lipinski definition) is 7. The van der Waals surface area contributed by atoms with Gasteiger partial charge in [-0.25, -0.2) is 13.2 Å². The molecule has 2 aromatic carbocycles. The lowest BCUT2D eigenvalue weighted by Gasteiger charge is -2.13. The number of esters is 1. The van der Waals surface area contributed by atoms with Crippen LogP contribution in [-0.4, -0.2) is 33.3 Å². The van der Waals surface area contributed by atoms with Crippen molar-refractivity contribution in [1.29, 1.82) is 0 Å². The smallest absolute Gasteiger partial charge is 0.360 e. The quantitative estimate of drug-likeness (QED) is 0.540. The summed E-state index contributed by atoms with van der Waals surface area (Å²) in [5.41, 5.74) is 1.87. The third-order valence-electron chi connectivity index (χ3n) is 4.32. The molecule has 0 bridgehead atoms. The maximum atomic E-state index is 13.1. The maximum absolute atomic E-state index is 13.1. The average molecular weight is 430 g/mol. The van der Waals surface area contributed by atoms with Gasteiger partial charge >= 0.3 is 5.97 Å². The van der Waals surface area contributed by atoms with Crippen molar-refractivity contribution in [3.63, 3.8) is 0 Å². The topological polar surface area (TPSA) is 108 Å². The van der Waals surface area contributed by atoms with Crippen LogP contribution in [-0.2, 0) is 21.2 Å². The van der Waals surface area contributed by atoms with Gasteiger partial charge in [0.05, 0.1) is 13.7 Å². The highest BCUT2D eigenvalue weighted by molar-refractivity contribution is 7.92. The predicted octanol–water partition coefficient (Wildman–Crippen LogP) is 3.89. The number of rotatable bonds is 8. The molecular formula is C21H22N2O6S. The van der Waals surface area contributed by atoms with Crippen LogP contribution in [0.2, 0.25) is 0 Å². The first-order valence-corrected chi connectivity index (χ1v) is 10.8. The molecule has 0 amide bonds. The highest BCUT2D eigenvalue weighted by Gasteiger charge is 2.22. The Hall–Kier alpha value is -3.33.